The molecule has 1 aromatic carbocycles. The molecule has 0 unspecified atom stereocenters. The van der Waals surface area contributed by atoms with Gasteiger partial charge in [0.1, 0.15) is 5.51 Å². The highest BCUT2D eigenvalue weighted by Gasteiger charge is 2.15. The normalized spacial score (nSPS) is 11.4. The molecule has 1 aromatic heterocycles. The van der Waals surface area contributed by atoms with Gasteiger partial charge in [-0.05, 0) is 24.1 Å². The molecule has 96 valence electrons. The van der Waals surface area contributed by atoms with Crippen LogP contribution in [0.25, 0.3) is 0 Å². The Labute approximate surface area is 108 Å². The van der Waals surface area contributed by atoms with Crippen molar-refractivity contribution in [1.29, 1.82) is 0 Å². The summed E-state index contributed by atoms with van der Waals surface area (Å²) in [5, 5.41) is 16.2. The molecule has 0 amide bonds. The summed E-state index contributed by atoms with van der Waals surface area (Å²) in [5.41, 5.74) is 2.33. The zero-order valence-corrected chi connectivity index (χ0v) is 10.9. The van der Waals surface area contributed by atoms with Crippen LogP contribution in [0.3, 0.4) is 0 Å². The average molecular weight is 285 g/mol. The van der Waals surface area contributed by atoms with Crippen molar-refractivity contribution in [3.05, 3.63) is 35.3 Å². The molecule has 0 aliphatic rings. The van der Waals surface area contributed by atoms with Crippen LogP contribution in [0.15, 0.2) is 34.7 Å². The number of aliphatic hydroxyl groups is 1. The lowest BCUT2D eigenvalue weighted by Gasteiger charge is -2.05. The van der Waals surface area contributed by atoms with E-state index in [1.54, 1.807) is 12.1 Å². The fraction of sp³-hybridized carbons (Fsp3) is 0.200. The van der Waals surface area contributed by atoms with Crippen LogP contribution in [0, 0.1) is 0 Å². The maximum Gasteiger partial charge on any atom is 0.263 e. The van der Waals surface area contributed by atoms with Gasteiger partial charge in [-0.1, -0.05) is 23.5 Å². The summed E-state index contributed by atoms with van der Waals surface area (Å²) in [5.74, 6) is 0. The summed E-state index contributed by atoms with van der Waals surface area (Å²) in [4.78, 5) is 0.152. The van der Waals surface area contributed by atoms with Crippen molar-refractivity contribution in [2.75, 3.05) is 11.3 Å². The SMILES string of the molecule is O=S(=O)(Nc1nncs1)c1ccc(CCO)cc1. The van der Waals surface area contributed by atoms with Gasteiger partial charge in [0, 0.05) is 6.61 Å². The molecule has 0 saturated heterocycles. The second-order valence-corrected chi connectivity index (χ2v) is 5.98. The Morgan fingerprint density at radius 3 is 2.56 bits per heavy atom. The molecule has 0 bridgehead atoms. The van der Waals surface area contributed by atoms with Gasteiger partial charge in [-0.3, -0.25) is 4.72 Å². The lowest BCUT2D eigenvalue weighted by molar-refractivity contribution is 0.299. The van der Waals surface area contributed by atoms with E-state index in [0.29, 0.717) is 6.42 Å². The molecule has 2 aromatic rings. The van der Waals surface area contributed by atoms with Crippen molar-refractivity contribution >= 4 is 26.5 Å². The molecule has 0 aliphatic heterocycles. The van der Waals surface area contributed by atoms with Crippen molar-refractivity contribution < 1.29 is 13.5 Å². The van der Waals surface area contributed by atoms with Crippen molar-refractivity contribution in [2.24, 2.45) is 0 Å². The van der Waals surface area contributed by atoms with Crippen LogP contribution in [0.4, 0.5) is 5.13 Å². The molecule has 18 heavy (non-hydrogen) atoms. The third kappa shape index (κ3) is 3.03. The monoisotopic (exact) mass is 285 g/mol. The number of hydrogen-bond acceptors (Lipinski definition) is 6. The Kier molecular flexibility index (Phi) is 3.90. The van der Waals surface area contributed by atoms with E-state index >= 15 is 0 Å². The zero-order chi connectivity index (χ0) is 13.0. The number of rotatable bonds is 5. The summed E-state index contributed by atoms with van der Waals surface area (Å²) >= 11 is 1.11. The predicted octanol–water partition coefficient (Wildman–Crippen LogP) is 0.874. The van der Waals surface area contributed by atoms with Crippen LogP contribution < -0.4 is 4.72 Å². The first-order valence-corrected chi connectivity index (χ1v) is 7.47. The number of nitrogens with one attached hydrogen (secondary N) is 1. The molecule has 1 heterocycles. The van der Waals surface area contributed by atoms with Gasteiger partial charge in [0.2, 0.25) is 5.13 Å². The van der Waals surface area contributed by atoms with Crippen molar-refractivity contribution in [3.63, 3.8) is 0 Å². The quantitative estimate of drug-likeness (QED) is 0.850. The van der Waals surface area contributed by atoms with Crippen LogP contribution in [-0.4, -0.2) is 30.3 Å². The fourth-order valence-corrected chi connectivity index (χ4v) is 3.05. The summed E-state index contributed by atoms with van der Waals surface area (Å²) < 4.78 is 26.2. The summed E-state index contributed by atoms with van der Waals surface area (Å²) in [6.45, 7) is 0.0368. The van der Waals surface area contributed by atoms with Gasteiger partial charge in [0.25, 0.3) is 10.0 Å². The maximum absolute atomic E-state index is 11.9. The lowest BCUT2D eigenvalue weighted by atomic mass is 10.2. The van der Waals surface area contributed by atoms with Gasteiger partial charge < -0.3 is 5.11 Å². The first-order chi connectivity index (χ1) is 8.62. The van der Waals surface area contributed by atoms with Crippen molar-refractivity contribution in [1.82, 2.24) is 10.2 Å². The molecule has 0 spiro atoms. The highest BCUT2D eigenvalue weighted by molar-refractivity contribution is 7.93. The van der Waals surface area contributed by atoms with E-state index in [1.165, 1.54) is 17.6 Å². The molecule has 0 atom stereocenters. The molecule has 0 aliphatic carbocycles. The number of aromatic nitrogens is 2. The minimum absolute atomic E-state index is 0.0368. The first-order valence-electron chi connectivity index (χ1n) is 5.10. The van der Waals surface area contributed by atoms with E-state index in [4.69, 9.17) is 5.11 Å². The second-order valence-electron chi connectivity index (χ2n) is 3.47. The Balaban J connectivity index is 2.19. The molecular weight excluding hydrogens is 274 g/mol. The first kappa shape index (κ1) is 12.9. The van der Waals surface area contributed by atoms with Gasteiger partial charge in [0.15, 0.2) is 0 Å². The number of hydrogen-bond donors (Lipinski definition) is 2. The largest absolute Gasteiger partial charge is 0.396 e. The number of sulfonamides is 1. The second kappa shape index (κ2) is 5.42. The maximum atomic E-state index is 11.9. The van der Waals surface area contributed by atoms with Crippen LogP contribution in [-0.2, 0) is 16.4 Å². The molecule has 0 fully saturated rings. The van der Waals surface area contributed by atoms with Gasteiger partial charge >= 0.3 is 0 Å². The lowest BCUT2D eigenvalue weighted by Crippen LogP contribution is -2.12. The molecular formula is C10H11N3O3S2. The summed E-state index contributed by atoms with van der Waals surface area (Å²) in [7, 11) is -3.62. The van der Waals surface area contributed by atoms with Gasteiger partial charge in [-0.2, -0.15) is 0 Å². The van der Waals surface area contributed by atoms with E-state index in [1.807, 2.05) is 0 Å². The minimum Gasteiger partial charge on any atom is -0.396 e. The van der Waals surface area contributed by atoms with E-state index in [2.05, 4.69) is 14.9 Å². The van der Waals surface area contributed by atoms with Crippen LogP contribution in [0.1, 0.15) is 5.56 Å². The van der Waals surface area contributed by atoms with Crippen molar-refractivity contribution in [2.45, 2.75) is 11.3 Å². The Hall–Kier alpha value is -1.51. The standard InChI is InChI=1S/C10H11N3O3S2/c14-6-5-8-1-3-9(4-2-8)18(15,16)13-10-12-11-7-17-10/h1-4,7,14H,5-6H2,(H,12,13). The highest BCUT2D eigenvalue weighted by Crippen LogP contribution is 2.17. The van der Waals surface area contributed by atoms with Crippen LogP contribution >= 0.6 is 11.3 Å². The third-order valence-electron chi connectivity index (χ3n) is 2.22. The summed E-state index contributed by atoms with van der Waals surface area (Å²) in [6, 6.07) is 6.33. The van der Waals surface area contributed by atoms with Gasteiger partial charge in [0.05, 0.1) is 4.90 Å². The smallest absolute Gasteiger partial charge is 0.263 e. The van der Waals surface area contributed by atoms with Crippen molar-refractivity contribution in [3.8, 4) is 0 Å². The van der Waals surface area contributed by atoms with Gasteiger partial charge in [-0.25, -0.2) is 8.42 Å². The molecule has 2 rings (SSSR count). The minimum atomic E-state index is -3.62. The van der Waals surface area contributed by atoms with Crippen LogP contribution in [0.5, 0.6) is 0 Å². The summed E-state index contributed by atoms with van der Waals surface area (Å²) in [6.07, 6.45) is 0.504. The zero-order valence-electron chi connectivity index (χ0n) is 9.28. The number of benzene rings is 1. The van der Waals surface area contributed by atoms with E-state index in [-0.39, 0.29) is 16.6 Å². The van der Waals surface area contributed by atoms with E-state index in [9.17, 15) is 8.42 Å². The third-order valence-corrected chi connectivity index (χ3v) is 4.31. The number of nitrogens with zero attached hydrogens (tertiary/aromatic N) is 2. The number of aliphatic hydroxyl groups excluding tert-OH is 1. The Morgan fingerprint density at radius 1 is 1.28 bits per heavy atom. The molecule has 0 radical (unpaired) electrons. The number of anilines is 1. The molecule has 8 heteroatoms. The van der Waals surface area contributed by atoms with Crippen LogP contribution in [0.2, 0.25) is 0 Å². The Morgan fingerprint density at radius 2 is 2.00 bits per heavy atom. The fourth-order valence-electron chi connectivity index (χ4n) is 1.36. The Bertz CT molecular complexity index is 594. The van der Waals surface area contributed by atoms with E-state index in [0.717, 1.165) is 16.9 Å². The topological polar surface area (TPSA) is 92.2 Å². The molecule has 6 nitrogen and oxygen atoms in total. The highest BCUT2D eigenvalue weighted by atomic mass is 32.2. The van der Waals surface area contributed by atoms with E-state index < -0.39 is 10.0 Å². The predicted molar refractivity (Wildman–Crippen MR) is 67.9 cm³/mol. The molecule has 0 saturated carbocycles. The average Bonchev–Trinajstić information content (AvgIpc) is 2.82. The van der Waals surface area contributed by atoms with Gasteiger partial charge in [-0.15, -0.1) is 10.2 Å². The molecule has 2 N–H and O–H groups in total.